The molecule has 0 aromatic rings. The van der Waals surface area contributed by atoms with Gasteiger partial charge in [-0.05, 0) is 6.42 Å². The molecule has 2 rings (SSSR count). The molecular formula is C6H11O2P. The predicted octanol–water partition coefficient (Wildman–Crippen LogP) is 0.418. The van der Waals surface area contributed by atoms with Crippen molar-refractivity contribution in [2.24, 2.45) is 0 Å². The summed E-state index contributed by atoms with van der Waals surface area (Å²) in [6.45, 7) is 1.75. The Labute approximate surface area is 57.1 Å². The molecule has 9 heavy (non-hydrogen) atoms. The van der Waals surface area contributed by atoms with Crippen LogP contribution >= 0.6 is 9.24 Å². The van der Waals surface area contributed by atoms with E-state index in [1.165, 1.54) is 0 Å². The number of fused-ring (bicyclic) bond motifs is 1. The molecule has 0 radical (unpaired) electrons. The zero-order valence-corrected chi connectivity index (χ0v) is 6.40. The highest BCUT2D eigenvalue weighted by molar-refractivity contribution is 7.17. The van der Waals surface area contributed by atoms with Crippen LogP contribution < -0.4 is 0 Å². The third-order valence-electron chi connectivity index (χ3n) is 2.00. The Hall–Kier alpha value is 0.350. The highest BCUT2D eigenvalue weighted by atomic mass is 31.0. The molecule has 2 nitrogen and oxygen atoms in total. The van der Waals surface area contributed by atoms with Crippen molar-refractivity contribution in [1.29, 1.82) is 0 Å². The maximum Gasteiger partial charge on any atom is 0.0921 e. The van der Waals surface area contributed by atoms with Gasteiger partial charge < -0.3 is 9.47 Å². The molecule has 0 saturated carbocycles. The van der Waals surface area contributed by atoms with Crippen molar-refractivity contribution in [3.05, 3.63) is 0 Å². The Morgan fingerprint density at radius 3 is 3.00 bits per heavy atom. The number of hydrogen-bond donors (Lipinski definition) is 0. The second-order valence-electron chi connectivity index (χ2n) is 2.66. The van der Waals surface area contributed by atoms with E-state index in [2.05, 4.69) is 9.24 Å². The van der Waals surface area contributed by atoms with Gasteiger partial charge in [-0.1, -0.05) is 0 Å². The summed E-state index contributed by atoms with van der Waals surface area (Å²) in [6, 6.07) is 0. The lowest BCUT2D eigenvalue weighted by Gasteiger charge is -2.08. The van der Waals surface area contributed by atoms with Crippen LogP contribution in [0, 0.1) is 0 Å². The summed E-state index contributed by atoms with van der Waals surface area (Å²) in [4.78, 5) is 0. The smallest absolute Gasteiger partial charge is 0.0921 e. The highest BCUT2D eigenvalue weighted by Gasteiger charge is 2.39. The normalized spacial score (nSPS) is 49.7. The van der Waals surface area contributed by atoms with E-state index in [0.29, 0.717) is 17.9 Å². The molecule has 0 aromatic carbocycles. The SMILES string of the molecule is P[C@H]1COC2CCO[C@@H]21. The molecule has 2 heterocycles. The topological polar surface area (TPSA) is 18.5 Å². The predicted molar refractivity (Wildman–Crippen MR) is 37.6 cm³/mol. The fourth-order valence-electron chi connectivity index (χ4n) is 1.50. The van der Waals surface area contributed by atoms with E-state index in [0.717, 1.165) is 19.6 Å². The summed E-state index contributed by atoms with van der Waals surface area (Å²) in [5.74, 6) is 0. The molecule has 0 bridgehead atoms. The van der Waals surface area contributed by atoms with E-state index in [-0.39, 0.29) is 0 Å². The summed E-state index contributed by atoms with van der Waals surface area (Å²) < 4.78 is 10.9. The van der Waals surface area contributed by atoms with Crippen LogP contribution in [-0.2, 0) is 9.47 Å². The standard InChI is InChI=1S/C6H11O2P/c9-5-3-8-4-1-2-7-6(4)5/h4-6H,1-3,9H2/t4?,5-,6-/m0/s1. The van der Waals surface area contributed by atoms with Crippen LogP contribution in [0.5, 0.6) is 0 Å². The maximum absolute atomic E-state index is 5.44. The van der Waals surface area contributed by atoms with Crippen LogP contribution in [0.15, 0.2) is 0 Å². The molecular weight excluding hydrogens is 135 g/mol. The zero-order valence-electron chi connectivity index (χ0n) is 5.25. The number of rotatable bonds is 0. The van der Waals surface area contributed by atoms with Gasteiger partial charge in [0, 0.05) is 12.3 Å². The molecule has 0 aliphatic carbocycles. The second-order valence-corrected chi connectivity index (χ2v) is 3.52. The largest absolute Gasteiger partial charge is 0.375 e. The van der Waals surface area contributed by atoms with E-state index in [4.69, 9.17) is 9.47 Å². The first-order valence-corrected chi connectivity index (χ1v) is 4.03. The lowest BCUT2D eigenvalue weighted by atomic mass is 10.2. The average molecular weight is 146 g/mol. The van der Waals surface area contributed by atoms with Crippen LogP contribution in [0.2, 0.25) is 0 Å². The monoisotopic (exact) mass is 146 g/mol. The van der Waals surface area contributed by atoms with E-state index < -0.39 is 0 Å². The third-order valence-corrected chi connectivity index (χ3v) is 2.58. The van der Waals surface area contributed by atoms with Crippen molar-refractivity contribution in [2.75, 3.05) is 13.2 Å². The van der Waals surface area contributed by atoms with Gasteiger partial charge in [0.2, 0.25) is 0 Å². The van der Waals surface area contributed by atoms with E-state index >= 15 is 0 Å². The van der Waals surface area contributed by atoms with E-state index in [1.807, 2.05) is 0 Å². The van der Waals surface area contributed by atoms with E-state index in [9.17, 15) is 0 Å². The minimum Gasteiger partial charge on any atom is -0.375 e. The first kappa shape index (κ1) is 6.09. The Bertz CT molecular complexity index is 118. The van der Waals surface area contributed by atoms with Crippen molar-refractivity contribution < 1.29 is 9.47 Å². The summed E-state index contributed by atoms with van der Waals surface area (Å²) in [7, 11) is 2.77. The zero-order chi connectivity index (χ0) is 6.27. The molecule has 0 amide bonds. The fourth-order valence-corrected chi connectivity index (χ4v) is 1.97. The minimum absolute atomic E-state index is 0.384. The van der Waals surface area contributed by atoms with Crippen molar-refractivity contribution in [3.8, 4) is 0 Å². The Kier molecular flexibility index (Phi) is 1.48. The van der Waals surface area contributed by atoms with Gasteiger partial charge in [-0.25, -0.2) is 0 Å². The Balaban J connectivity index is 2.07. The van der Waals surface area contributed by atoms with Crippen molar-refractivity contribution in [2.45, 2.75) is 24.3 Å². The van der Waals surface area contributed by atoms with Gasteiger partial charge >= 0.3 is 0 Å². The minimum atomic E-state index is 0.384. The van der Waals surface area contributed by atoms with Gasteiger partial charge in [-0.3, -0.25) is 0 Å². The van der Waals surface area contributed by atoms with Gasteiger partial charge in [-0.2, -0.15) is 0 Å². The average Bonchev–Trinajstić information content (AvgIpc) is 2.35. The van der Waals surface area contributed by atoms with Crippen LogP contribution in [0.4, 0.5) is 0 Å². The molecule has 2 unspecified atom stereocenters. The van der Waals surface area contributed by atoms with Crippen LogP contribution in [0.3, 0.4) is 0 Å². The summed E-state index contributed by atoms with van der Waals surface area (Å²) in [6.07, 6.45) is 1.89. The van der Waals surface area contributed by atoms with Gasteiger partial charge in [0.15, 0.2) is 0 Å². The first-order valence-electron chi connectivity index (χ1n) is 3.37. The molecule has 52 valence electrons. The quantitative estimate of drug-likeness (QED) is 0.461. The van der Waals surface area contributed by atoms with Crippen molar-refractivity contribution in [1.82, 2.24) is 0 Å². The van der Waals surface area contributed by atoms with Crippen LogP contribution in [0.25, 0.3) is 0 Å². The van der Waals surface area contributed by atoms with Gasteiger partial charge in [0.05, 0.1) is 18.8 Å². The first-order chi connectivity index (χ1) is 4.38. The Morgan fingerprint density at radius 1 is 1.33 bits per heavy atom. The van der Waals surface area contributed by atoms with Crippen molar-refractivity contribution in [3.63, 3.8) is 0 Å². The molecule has 2 aliphatic heterocycles. The molecule has 2 saturated heterocycles. The number of ether oxygens (including phenoxy) is 2. The molecule has 0 N–H and O–H groups in total. The molecule has 0 spiro atoms. The fraction of sp³-hybridized carbons (Fsp3) is 1.00. The second kappa shape index (κ2) is 2.19. The maximum atomic E-state index is 5.44. The van der Waals surface area contributed by atoms with Gasteiger partial charge in [0.1, 0.15) is 0 Å². The lowest BCUT2D eigenvalue weighted by molar-refractivity contribution is 0.0738. The summed E-state index contributed by atoms with van der Waals surface area (Å²) in [5, 5.41) is 0. The van der Waals surface area contributed by atoms with Crippen LogP contribution in [-0.4, -0.2) is 31.1 Å². The lowest BCUT2D eigenvalue weighted by Crippen LogP contribution is -2.21. The molecule has 4 atom stereocenters. The highest BCUT2D eigenvalue weighted by Crippen LogP contribution is 2.30. The van der Waals surface area contributed by atoms with E-state index in [1.54, 1.807) is 0 Å². The third kappa shape index (κ3) is 0.899. The molecule has 3 heteroatoms. The molecule has 2 aliphatic rings. The summed E-state index contributed by atoms with van der Waals surface area (Å²) >= 11 is 0. The number of hydrogen-bond acceptors (Lipinski definition) is 2. The van der Waals surface area contributed by atoms with Crippen molar-refractivity contribution >= 4 is 9.24 Å². The Morgan fingerprint density at radius 2 is 2.22 bits per heavy atom. The summed E-state index contributed by atoms with van der Waals surface area (Å²) in [5.41, 5.74) is 0.539. The van der Waals surface area contributed by atoms with Crippen LogP contribution in [0.1, 0.15) is 6.42 Å². The van der Waals surface area contributed by atoms with Gasteiger partial charge in [0.25, 0.3) is 0 Å². The molecule has 0 aromatic heterocycles. The molecule has 2 fully saturated rings. The van der Waals surface area contributed by atoms with Gasteiger partial charge in [-0.15, -0.1) is 9.24 Å².